The van der Waals surface area contributed by atoms with Crippen LogP contribution in [0.15, 0.2) is 10.6 Å². The van der Waals surface area contributed by atoms with Gasteiger partial charge in [-0.15, -0.1) is 0 Å². The van der Waals surface area contributed by atoms with Crippen LogP contribution in [0.3, 0.4) is 0 Å². The minimum absolute atomic E-state index is 0.0304. The first-order valence-electron chi connectivity index (χ1n) is 12.0. The third-order valence-electron chi connectivity index (χ3n) is 7.56. The van der Waals surface area contributed by atoms with Gasteiger partial charge in [-0.1, -0.05) is 5.16 Å². The van der Waals surface area contributed by atoms with Crippen molar-refractivity contribution < 1.29 is 22.5 Å². The van der Waals surface area contributed by atoms with E-state index in [0.717, 1.165) is 50.8 Å². The van der Waals surface area contributed by atoms with Gasteiger partial charge in [0, 0.05) is 49.8 Å². The fourth-order valence-corrected chi connectivity index (χ4v) is 7.80. The topological polar surface area (TPSA) is 105 Å². The van der Waals surface area contributed by atoms with Crippen LogP contribution in [0.25, 0.3) is 0 Å². The molecule has 3 saturated heterocycles. The van der Waals surface area contributed by atoms with E-state index in [1.165, 1.54) is 0 Å². The molecule has 3 aliphatic heterocycles. The van der Waals surface area contributed by atoms with Crippen molar-refractivity contribution >= 4 is 15.9 Å². The molecule has 4 atom stereocenters. The number of nitrogens with one attached hydrogen (secondary N) is 1. The lowest BCUT2D eigenvalue weighted by Gasteiger charge is -2.38. The van der Waals surface area contributed by atoms with Crippen molar-refractivity contribution in [1.29, 1.82) is 0 Å². The second-order valence-corrected chi connectivity index (χ2v) is 11.8. The number of carbonyl (C=O) groups is 1. The van der Waals surface area contributed by atoms with E-state index < -0.39 is 10.0 Å². The van der Waals surface area contributed by atoms with Gasteiger partial charge in [-0.25, -0.2) is 8.42 Å². The highest BCUT2D eigenvalue weighted by Crippen LogP contribution is 2.40. The third kappa shape index (κ3) is 4.60. The van der Waals surface area contributed by atoms with Gasteiger partial charge < -0.3 is 14.6 Å². The standard InChI is InChI=1S/C22H34N4O5S/c1-30-14-19-3-2-8-25(19)9-10-32(28,29)26-17-6-7-18(26)12-16(11-17)23-22(27)20-13-21(31-24-20)15-4-5-15/h13,15-19H,2-12,14H2,1H3,(H,23,27)/t16?,17-,18+,19?. The minimum Gasteiger partial charge on any atom is -0.383 e. The summed E-state index contributed by atoms with van der Waals surface area (Å²) in [5.74, 6) is 1.14. The Hall–Kier alpha value is -1.49. The maximum absolute atomic E-state index is 13.2. The number of rotatable bonds is 9. The fraction of sp³-hybridized carbons (Fsp3) is 0.818. The highest BCUT2D eigenvalue weighted by Gasteiger charge is 2.47. The van der Waals surface area contributed by atoms with E-state index in [0.29, 0.717) is 43.6 Å². The summed E-state index contributed by atoms with van der Waals surface area (Å²) in [7, 11) is -1.64. The number of likely N-dealkylation sites (tertiary alicyclic amines) is 1. The van der Waals surface area contributed by atoms with E-state index in [9.17, 15) is 13.2 Å². The zero-order valence-corrected chi connectivity index (χ0v) is 19.6. The molecule has 2 unspecified atom stereocenters. The summed E-state index contributed by atoms with van der Waals surface area (Å²) in [6.07, 6.45) is 7.39. The third-order valence-corrected chi connectivity index (χ3v) is 9.49. The first-order valence-corrected chi connectivity index (χ1v) is 13.6. The van der Waals surface area contributed by atoms with Crippen molar-refractivity contribution in [3.63, 3.8) is 0 Å². The van der Waals surface area contributed by atoms with Gasteiger partial charge >= 0.3 is 0 Å². The molecule has 0 aromatic carbocycles. The molecule has 0 spiro atoms. The summed E-state index contributed by atoms with van der Waals surface area (Å²) in [5.41, 5.74) is 0.325. The van der Waals surface area contributed by atoms with E-state index in [1.54, 1.807) is 17.5 Å². The van der Waals surface area contributed by atoms with Crippen molar-refractivity contribution in [3.8, 4) is 0 Å². The molecule has 1 aromatic heterocycles. The molecule has 4 fully saturated rings. The highest BCUT2D eigenvalue weighted by atomic mass is 32.2. The van der Waals surface area contributed by atoms with Crippen LogP contribution >= 0.6 is 0 Å². The SMILES string of the molecule is COCC1CCCN1CCS(=O)(=O)N1[C@@H]2CC[C@H]1CC(NC(=O)c1cc(C3CC3)on1)C2. The summed E-state index contributed by atoms with van der Waals surface area (Å²) in [4.78, 5) is 14.9. The molecule has 5 rings (SSSR count). The summed E-state index contributed by atoms with van der Waals surface area (Å²) in [5, 5.41) is 7.00. The number of aromatic nitrogens is 1. The molecular weight excluding hydrogens is 432 g/mol. The number of piperidine rings is 1. The number of ether oxygens (including phenoxy) is 1. The van der Waals surface area contributed by atoms with Crippen LogP contribution in [-0.4, -0.2) is 85.4 Å². The molecule has 1 aliphatic carbocycles. The Morgan fingerprint density at radius 2 is 1.97 bits per heavy atom. The number of hydrogen-bond acceptors (Lipinski definition) is 7. The second-order valence-electron chi connectivity index (χ2n) is 9.85. The van der Waals surface area contributed by atoms with Gasteiger partial charge in [0.15, 0.2) is 5.69 Å². The lowest BCUT2D eigenvalue weighted by atomic mass is 9.99. The molecule has 1 aromatic rings. The number of carbonyl (C=O) groups excluding carboxylic acids is 1. The molecule has 1 saturated carbocycles. The van der Waals surface area contributed by atoms with Crippen LogP contribution in [0, 0.1) is 0 Å². The minimum atomic E-state index is -3.34. The summed E-state index contributed by atoms with van der Waals surface area (Å²) in [6, 6.07) is 1.98. The number of methoxy groups -OCH3 is 1. The van der Waals surface area contributed by atoms with Crippen LogP contribution in [0.5, 0.6) is 0 Å². The molecule has 9 nitrogen and oxygen atoms in total. The first kappa shape index (κ1) is 22.3. The zero-order valence-electron chi connectivity index (χ0n) is 18.7. The Kier molecular flexibility index (Phi) is 6.30. The van der Waals surface area contributed by atoms with Gasteiger partial charge in [-0.2, -0.15) is 4.31 Å². The molecule has 1 N–H and O–H groups in total. The molecule has 2 bridgehead atoms. The predicted molar refractivity (Wildman–Crippen MR) is 118 cm³/mol. The maximum atomic E-state index is 13.2. The van der Waals surface area contributed by atoms with E-state index in [2.05, 4.69) is 15.4 Å². The van der Waals surface area contributed by atoms with Gasteiger partial charge in [0.2, 0.25) is 10.0 Å². The van der Waals surface area contributed by atoms with Gasteiger partial charge in [0.1, 0.15) is 5.76 Å². The molecule has 4 aliphatic rings. The number of fused-ring (bicyclic) bond motifs is 2. The van der Waals surface area contributed by atoms with Crippen molar-refractivity contribution in [2.24, 2.45) is 0 Å². The van der Waals surface area contributed by atoms with Gasteiger partial charge in [0.25, 0.3) is 5.91 Å². The fourth-order valence-electron chi connectivity index (χ4n) is 5.83. The number of nitrogens with zero attached hydrogens (tertiary/aromatic N) is 3. The van der Waals surface area contributed by atoms with Crippen LogP contribution < -0.4 is 5.32 Å². The average molecular weight is 467 g/mol. The predicted octanol–water partition coefficient (Wildman–Crippen LogP) is 1.72. The number of hydrogen-bond donors (Lipinski definition) is 1. The van der Waals surface area contributed by atoms with Crippen LogP contribution in [-0.2, 0) is 14.8 Å². The Labute approximate surface area is 189 Å². The Morgan fingerprint density at radius 1 is 1.22 bits per heavy atom. The molecular formula is C22H34N4O5S. The maximum Gasteiger partial charge on any atom is 0.273 e. The molecule has 178 valence electrons. The molecule has 0 radical (unpaired) electrons. The van der Waals surface area contributed by atoms with Crippen LogP contribution in [0.4, 0.5) is 0 Å². The second kappa shape index (κ2) is 9.04. The normalized spacial score (nSPS) is 31.3. The van der Waals surface area contributed by atoms with Crippen molar-refractivity contribution in [2.75, 3.05) is 32.6 Å². The van der Waals surface area contributed by atoms with Crippen molar-refractivity contribution in [2.45, 2.75) is 81.5 Å². The lowest BCUT2D eigenvalue weighted by Crippen LogP contribution is -2.53. The van der Waals surface area contributed by atoms with E-state index in [4.69, 9.17) is 9.26 Å². The van der Waals surface area contributed by atoms with E-state index in [-0.39, 0.29) is 29.8 Å². The lowest BCUT2D eigenvalue weighted by molar-refractivity contribution is 0.0899. The van der Waals surface area contributed by atoms with E-state index in [1.807, 2.05) is 0 Å². The Balaban J connectivity index is 1.16. The van der Waals surface area contributed by atoms with Crippen molar-refractivity contribution in [3.05, 3.63) is 17.5 Å². The highest BCUT2D eigenvalue weighted by molar-refractivity contribution is 7.89. The summed E-state index contributed by atoms with van der Waals surface area (Å²) in [6.45, 7) is 2.15. The number of sulfonamides is 1. The van der Waals surface area contributed by atoms with Crippen molar-refractivity contribution in [1.82, 2.24) is 19.7 Å². The van der Waals surface area contributed by atoms with Gasteiger partial charge in [-0.3, -0.25) is 9.69 Å². The average Bonchev–Trinajstić information content (AvgIpc) is 3.18. The zero-order chi connectivity index (χ0) is 22.3. The smallest absolute Gasteiger partial charge is 0.273 e. The van der Waals surface area contributed by atoms with Crippen LogP contribution in [0.2, 0.25) is 0 Å². The summed E-state index contributed by atoms with van der Waals surface area (Å²) < 4.78 is 38.9. The quantitative estimate of drug-likeness (QED) is 0.591. The molecule has 32 heavy (non-hydrogen) atoms. The Bertz CT molecular complexity index is 917. The summed E-state index contributed by atoms with van der Waals surface area (Å²) >= 11 is 0. The van der Waals surface area contributed by atoms with Gasteiger partial charge in [0.05, 0.1) is 12.4 Å². The van der Waals surface area contributed by atoms with Crippen LogP contribution in [0.1, 0.15) is 73.5 Å². The largest absolute Gasteiger partial charge is 0.383 e. The van der Waals surface area contributed by atoms with E-state index >= 15 is 0 Å². The first-order chi connectivity index (χ1) is 15.4. The van der Waals surface area contributed by atoms with Gasteiger partial charge in [-0.05, 0) is 57.9 Å². The molecule has 4 heterocycles. The molecule has 1 amide bonds. The number of amides is 1. The Morgan fingerprint density at radius 3 is 2.66 bits per heavy atom. The monoisotopic (exact) mass is 466 g/mol. The molecule has 10 heteroatoms.